The Labute approximate surface area is 83.3 Å². The van der Waals surface area contributed by atoms with Crippen LogP contribution in [0.15, 0.2) is 6.07 Å². The second-order valence-electron chi connectivity index (χ2n) is 2.65. The quantitative estimate of drug-likeness (QED) is 0.821. The summed E-state index contributed by atoms with van der Waals surface area (Å²) in [7, 11) is 0. The molecule has 0 amide bonds. The average Bonchev–Trinajstić information content (AvgIpc) is 2.02. The number of alkyl halides is 3. The van der Waals surface area contributed by atoms with Crippen molar-refractivity contribution < 1.29 is 8.78 Å². The Bertz CT molecular complexity index is 315. The van der Waals surface area contributed by atoms with Gasteiger partial charge in [-0.05, 0) is 13.0 Å². The van der Waals surface area contributed by atoms with Gasteiger partial charge < -0.3 is 5.73 Å². The van der Waals surface area contributed by atoms with E-state index in [1.54, 1.807) is 6.92 Å². The monoisotopic (exact) mass is 250 g/mol. The van der Waals surface area contributed by atoms with Crippen LogP contribution < -0.4 is 5.73 Å². The Balaban J connectivity index is 3.29. The van der Waals surface area contributed by atoms with Crippen molar-refractivity contribution >= 4 is 21.7 Å². The first-order valence-electron chi connectivity index (χ1n) is 3.66. The van der Waals surface area contributed by atoms with Gasteiger partial charge in [0.25, 0.3) is 6.43 Å². The van der Waals surface area contributed by atoms with Gasteiger partial charge in [0, 0.05) is 22.2 Å². The number of hydrogen-bond donors (Lipinski definition) is 1. The van der Waals surface area contributed by atoms with Crippen LogP contribution in [0, 0.1) is 6.92 Å². The number of hydrogen-bond acceptors (Lipinski definition) is 2. The molecule has 0 aliphatic heterocycles. The highest BCUT2D eigenvalue weighted by atomic mass is 79.9. The minimum Gasteiger partial charge on any atom is -0.383 e. The maximum Gasteiger partial charge on any atom is 0.264 e. The summed E-state index contributed by atoms with van der Waals surface area (Å²) in [5, 5.41) is 0.297. The number of anilines is 1. The number of nitrogen functional groups attached to an aromatic ring is 1. The molecule has 1 heterocycles. The molecule has 1 aromatic heterocycles. The molecular formula is C8H9BrF2N2. The third-order valence-corrected chi connectivity index (χ3v) is 2.25. The molecule has 1 aromatic rings. The van der Waals surface area contributed by atoms with E-state index in [2.05, 4.69) is 20.9 Å². The number of aryl methyl sites for hydroxylation is 1. The first-order valence-corrected chi connectivity index (χ1v) is 4.78. The Morgan fingerprint density at radius 1 is 1.62 bits per heavy atom. The lowest BCUT2D eigenvalue weighted by atomic mass is 10.1. The molecule has 0 radical (unpaired) electrons. The molecule has 0 spiro atoms. The van der Waals surface area contributed by atoms with Crippen LogP contribution in [0.5, 0.6) is 0 Å². The summed E-state index contributed by atoms with van der Waals surface area (Å²) < 4.78 is 24.9. The van der Waals surface area contributed by atoms with Crippen molar-refractivity contribution in [3.63, 3.8) is 0 Å². The molecule has 13 heavy (non-hydrogen) atoms. The van der Waals surface area contributed by atoms with Crippen LogP contribution in [0.3, 0.4) is 0 Å². The lowest BCUT2D eigenvalue weighted by Gasteiger charge is -2.09. The van der Waals surface area contributed by atoms with Crippen molar-refractivity contribution in [3.8, 4) is 0 Å². The van der Waals surface area contributed by atoms with Crippen molar-refractivity contribution in [1.82, 2.24) is 4.98 Å². The fourth-order valence-corrected chi connectivity index (χ4v) is 1.70. The molecule has 0 unspecified atom stereocenters. The molecule has 5 heteroatoms. The third kappa shape index (κ3) is 2.15. The van der Waals surface area contributed by atoms with Gasteiger partial charge >= 0.3 is 0 Å². The van der Waals surface area contributed by atoms with Crippen LogP contribution in [0.25, 0.3) is 0 Å². The molecule has 0 aliphatic rings. The summed E-state index contributed by atoms with van der Waals surface area (Å²) in [5.41, 5.74) is 6.34. The Morgan fingerprint density at radius 3 is 2.69 bits per heavy atom. The topological polar surface area (TPSA) is 38.9 Å². The molecule has 2 N–H and O–H groups in total. The second-order valence-corrected chi connectivity index (χ2v) is 3.21. The zero-order valence-electron chi connectivity index (χ0n) is 7.02. The second kappa shape index (κ2) is 4.00. The lowest BCUT2D eigenvalue weighted by molar-refractivity contribution is 0.150. The minimum absolute atomic E-state index is 0.0399. The normalized spacial score (nSPS) is 10.8. The largest absolute Gasteiger partial charge is 0.383 e. The molecule has 2 nitrogen and oxygen atoms in total. The van der Waals surface area contributed by atoms with Crippen molar-refractivity contribution in [2.45, 2.75) is 18.7 Å². The van der Waals surface area contributed by atoms with Gasteiger partial charge in [0.05, 0.1) is 0 Å². The number of nitrogens with two attached hydrogens (primary N) is 1. The van der Waals surface area contributed by atoms with Gasteiger partial charge in [-0.15, -0.1) is 0 Å². The van der Waals surface area contributed by atoms with E-state index in [0.29, 0.717) is 16.6 Å². The highest BCUT2D eigenvalue weighted by Gasteiger charge is 2.15. The molecule has 0 aromatic carbocycles. The van der Waals surface area contributed by atoms with E-state index >= 15 is 0 Å². The van der Waals surface area contributed by atoms with Gasteiger partial charge in [0.1, 0.15) is 5.82 Å². The Kier molecular flexibility index (Phi) is 3.19. The molecule has 0 atom stereocenters. The van der Waals surface area contributed by atoms with Crippen LogP contribution in [-0.4, -0.2) is 4.98 Å². The smallest absolute Gasteiger partial charge is 0.264 e. The standard InChI is InChI=1S/C8H9BrF2N2/c1-4-2-5(7(10)11)6(3-9)8(12)13-4/h2,7H,3H2,1H3,(H2,12,13). The van der Waals surface area contributed by atoms with Gasteiger partial charge in [0.2, 0.25) is 0 Å². The fraction of sp³-hybridized carbons (Fsp3) is 0.375. The Morgan fingerprint density at radius 2 is 2.23 bits per heavy atom. The summed E-state index contributed by atoms with van der Waals surface area (Å²) in [4.78, 5) is 3.90. The summed E-state index contributed by atoms with van der Waals surface area (Å²) in [6.45, 7) is 1.64. The maximum atomic E-state index is 12.5. The van der Waals surface area contributed by atoms with Crippen LogP contribution in [0.1, 0.15) is 23.2 Å². The molecule has 0 aliphatic carbocycles. The minimum atomic E-state index is -2.50. The summed E-state index contributed by atoms with van der Waals surface area (Å²) in [6, 6.07) is 1.36. The first-order chi connectivity index (χ1) is 6.06. The average molecular weight is 251 g/mol. The van der Waals surface area contributed by atoms with Crippen molar-refractivity contribution in [2.75, 3.05) is 5.73 Å². The number of rotatable bonds is 2. The predicted octanol–water partition coefficient (Wildman–Crippen LogP) is 2.80. The van der Waals surface area contributed by atoms with E-state index in [0.717, 1.165) is 0 Å². The SMILES string of the molecule is Cc1cc(C(F)F)c(CBr)c(N)n1. The maximum absolute atomic E-state index is 12.5. The van der Waals surface area contributed by atoms with E-state index in [1.165, 1.54) is 6.07 Å². The molecule has 0 saturated carbocycles. The fourth-order valence-electron chi connectivity index (χ4n) is 1.09. The van der Waals surface area contributed by atoms with E-state index in [9.17, 15) is 8.78 Å². The highest BCUT2D eigenvalue weighted by Crippen LogP contribution is 2.28. The highest BCUT2D eigenvalue weighted by molar-refractivity contribution is 9.08. The van der Waals surface area contributed by atoms with Gasteiger partial charge in [-0.1, -0.05) is 15.9 Å². The van der Waals surface area contributed by atoms with E-state index < -0.39 is 6.43 Å². The molecule has 0 bridgehead atoms. The van der Waals surface area contributed by atoms with E-state index in [-0.39, 0.29) is 11.4 Å². The van der Waals surface area contributed by atoms with Crippen molar-refractivity contribution in [2.24, 2.45) is 0 Å². The number of halogens is 3. The summed E-state index contributed by atoms with van der Waals surface area (Å²) in [6.07, 6.45) is -2.50. The zero-order valence-corrected chi connectivity index (χ0v) is 8.61. The Hall–Kier alpha value is -0.710. The summed E-state index contributed by atoms with van der Waals surface area (Å²) >= 11 is 3.10. The number of nitrogens with zero attached hydrogens (tertiary/aromatic N) is 1. The zero-order chi connectivity index (χ0) is 10.0. The van der Waals surface area contributed by atoms with Gasteiger partial charge in [-0.2, -0.15) is 0 Å². The number of pyridine rings is 1. The summed E-state index contributed by atoms with van der Waals surface area (Å²) in [5.74, 6) is 0.173. The van der Waals surface area contributed by atoms with Crippen LogP contribution >= 0.6 is 15.9 Å². The predicted molar refractivity (Wildman–Crippen MR) is 51.0 cm³/mol. The van der Waals surface area contributed by atoms with E-state index in [1.807, 2.05) is 0 Å². The van der Waals surface area contributed by atoms with Gasteiger partial charge in [-0.3, -0.25) is 0 Å². The lowest BCUT2D eigenvalue weighted by Crippen LogP contribution is -2.03. The molecule has 72 valence electrons. The van der Waals surface area contributed by atoms with Gasteiger partial charge in [-0.25, -0.2) is 13.8 Å². The van der Waals surface area contributed by atoms with E-state index in [4.69, 9.17) is 5.73 Å². The van der Waals surface area contributed by atoms with Crippen molar-refractivity contribution in [3.05, 3.63) is 22.9 Å². The number of aromatic nitrogens is 1. The molecule has 0 fully saturated rings. The van der Waals surface area contributed by atoms with Crippen LogP contribution in [0.4, 0.5) is 14.6 Å². The first kappa shape index (κ1) is 10.4. The van der Waals surface area contributed by atoms with Gasteiger partial charge in [0.15, 0.2) is 0 Å². The van der Waals surface area contributed by atoms with Crippen molar-refractivity contribution in [1.29, 1.82) is 0 Å². The van der Waals surface area contributed by atoms with Crippen LogP contribution in [0.2, 0.25) is 0 Å². The molecule has 1 rings (SSSR count). The van der Waals surface area contributed by atoms with Crippen LogP contribution in [-0.2, 0) is 5.33 Å². The third-order valence-electron chi connectivity index (χ3n) is 1.69. The molecular weight excluding hydrogens is 242 g/mol. The molecule has 0 saturated heterocycles.